The summed E-state index contributed by atoms with van der Waals surface area (Å²) in [5, 5.41) is 4.20. The highest BCUT2D eigenvalue weighted by Crippen LogP contribution is 2.45. The summed E-state index contributed by atoms with van der Waals surface area (Å²) in [5.74, 6) is 0. The molecule has 1 aromatic heterocycles. The number of thiophene rings is 1. The minimum absolute atomic E-state index is 0.562. The van der Waals surface area contributed by atoms with Gasteiger partial charge in [0.15, 0.2) is 0 Å². The van der Waals surface area contributed by atoms with Crippen molar-refractivity contribution in [2.24, 2.45) is 0 Å². The predicted molar refractivity (Wildman–Crippen MR) is 50.7 cm³/mol. The van der Waals surface area contributed by atoms with E-state index in [1.165, 1.54) is 5.56 Å². The fraction of sp³-hybridized carbons (Fsp3) is 0.556. The molecule has 0 atom stereocenters. The van der Waals surface area contributed by atoms with E-state index in [1.54, 1.807) is 11.3 Å². The van der Waals surface area contributed by atoms with Crippen LogP contribution in [0.2, 0.25) is 0 Å². The monoisotopic (exact) mass is 282 g/mol. The Morgan fingerprint density at radius 1 is 0.941 bits per heavy atom. The fourth-order valence-corrected chi connectivity index (χ4v) is 1.16. The standard InChI is InChI=1S/C5H6S.C4H3F7/c1-5-2-3-6-4-5;1-2(5,3(6,7)8)4(9,10)11/h2-4H,1H3;1H3. The predicted octanol–water partition coefficient (Wildman–Crippen LogP) is 4.90. The summed E-state index contributed by atoms with van der Waals surface area (Å²) in [6.45, 7) is 1.53. The van der Waals surface area contributed by atoms with Crippen LogP contribution in [-0.2, 0) is 0 Å². The van der Waals surface area contributed by atoms with Crippen molar-refractivity contribution in [3.8, 4) is 0 Å². The molecule has 0 aliphatic heterocycles. The van der Waals surface area contributed by atoms with Crippen molar-refractivity contribution in [1.29, 1.82) is 0 Å². The van der Waals surface area contributed by atoms with Gasteiger partial charge in [0.1, 0.15) is 0 Å². The first-order valence-electron chi connectivity index (χ1n) is 4.20. The fourth-order valence-electron chi connectivity index (χ4n) is 0.493. The van der Waals surface area contributed by atoms with Crippen LogP contribution >= 0.6 is 11.3 Å². The van der Waals surface area contributed by atoms with Gasteiger partial charge in [-0.15, -0.1) is 0 Å². The maximum Gasteiger partial charge on any atom is 0.431 e. The average molecular weight is 282 g/mol. The Morgan fingerprint density at radius 2 is 1.35 bits per heavy atom. The second-order valence-corrected chi connectivity index (χ2v) is 4.08. The van der Waals surface area contributed by atoms with Crippen LogP contribution in [0.4, 0.5) is 30.7 Å². The van der Waals surface area contributed by atoms with Crippen LogP contribution in [0.5, 0.6) is 0 Å². The summed E-state index contributed by atoms with van der Waals surface area (Å²) in [5.41, 5.74) is -3.76. The van der Waals surface area contributed by atoms with Crippen LogP contribution in [0.1, 0.15) is 12.5 Å². The van der Waals surface area contributed by atoms with E-state index in [1.807, 2.05) is 0 Å². The van der Waals surface area contributed by atoms with E-state index in [2.05, 4.69) is 23.8 Å². The zero-order valence-electron chi connectivity index (χ0n) is 8.79. The van der Waals surface area contributed by atoms with Crippen molar-refractivity contribution < 1.29 is 30.7 Å². The van der Waals surface area contributed by atoms with E-state index in [0.29, 0.717) is 0 Å². The molecule has 0 radical (unpaired) electrons. The zero-order valence-corrected chi connectivity index (χ0v) is 9.60. The van der Waals surface area contributed by atoms with Crippen LogP contribution in [-0.4, -0.2) is 18.0 Å². The Balaban J connectivity index is 0.000000354. The molecule has 100 valence electrons. The molecule has 0 saturated heterocycles. The van der Waals surface area contributed by atoms with Crippen LogP contribution in [0.15, 0.2) is 16.8 Å². The number of aryl methyl sites for hydroxylation is 1. The SMILES string of the molecule is CC(F)(C(F)(F)F)C(F)(F)F.Cc1ccsc1. The third kappa shape index (κ3) is 4.53. The van der Waals surface area contributed by atoms with Gasteiger partial charge in [-0.25, -0.2) is 4.39 Å². The molecule has 0 fully saturated rings. The lowest BCUT2D eigenvalue weighted by Crippen LogP contribution is -2.50. The van der Waals surface area contributed by atoms with Crippen molar-refractivity contribution in [3.63, 3.8) is 0 Å². The van der Waals surface area contributed by atoms with E-state index in [-0.39, 0.29) is 0 Å². The second kappa shape index (κ2) is 5.24. The van der Waals surface area contributed by atoms with E-state index < -0.39 is 24.9 Å². The largest absolute Gasteiger partial charge is 0.431 e. The van der Waals surface area contributed by atoms with Gasteiger partial charge in [-0.1, -0.05) is 0 Å². The molecular weight excluding hydrogens is 273 g/mol. The van der Waals surface area contributed by atoms with Gasteiger partial charge in [-0.05, 0) is 36.2 Å². The van der Waals surface area contributed by atoms with Gasteiger partial charge in [-0.3, -0.25) is 0 Å². The van der Waals surface area contributed by atoms with Crippen molar-refractivity contribution >= 4 is 11.3 Å². The van der Waals surface area contributed by atoms with Gasteiger partial charge in [-0.2, -0.15) is 37.7 Å². The van der Waals surface area contributed by atoms with E-state index >= 15 is 0 Å². The maximum absolute atomic E-state index is 11.9. The number of rotatable bonds is 0. The summed E-state index contributed by atoms with van der Waals surface area (Å²) >= 11 is 1.74. The molecule has 0 nitrogen and oxygen atoms in total. The maximum atomic E-state index is 11.9. The molecule has 0 aliphatic rings. The van der Waals surface area contributed by atoms with Crippen LogP contribution in [0, 0.1) is 6.92 Å². The smallest absolute Gasteiger partial charge is 0.224 e. The first-order chi connectivity index (χ1) is 7.39. The Bertz CT molecular complexity index is 304. The van der Waals surface area contributed by atoms with Gasteiger partial charge in [0.25, 0.3) is 5.67 Å². The van der Waals surface area contributed by atoms with Gasteiger partial charge in [0.2, 0.25) is 0 Å². The summed E-state index contributed by atoms with van der Waals surface area (Å²) in [6.07, 6.45) is -11.8. The summed E-state index contributed by atoms with van der Waals surface area (Å²) in [4.78, 5) is 0. The molecular formula is C9H9F7S. The van der Waals surface area contributed by atoms with E-state index in [9.17, 15) is 30.7 Å². The molecule has 0 amide bonds. The van der Waals surface area contributed by atoms with Gasteiger partial charge < -0.3 is 0 Å². The topological polar surface area (TPSA) is 0 Å². The summed E-state index contributed by atoms with van der Waals surface area (Å²) < 4.78 is 79.3. The molecule has 0 bridgehead atoms. The molecule has 17 heavy (non-hydrogen) atoms. The molecule has 8 heteroatoms. The van der Waals surface area contributed by atoms with Crippen molar-refractivity contribution in [2.75, 3.05) is 0 Å². The average Bonchev–Trinajstić information content (AvgIpc) is 2.52. The molecule has 0 saturated carbocycles. The lowest BCUT2D eigenvalue weighted by molar-refractivity contribution is -0.334. The summed E-state index contributed by atoms with van der Waals surface area (Å²) in [6, 6.07) is 2.10. The molecule has 0 spiro atoms. The number of halogens is 7. The van der Waals surface area contributed by atoms with Gasteiger partial charge in [0.05, 0.1) is 0 Å². The molecule has 0 N–H and O–H groups in total. The number of hydrogen-bond acceptors (Lipinski definition) is 1. The first-order valence-corrected chi connectivity index (χ1v) is 5.15. The van der Waals surface area contributed by atoms with Crippen LogP contribution < -0.4 is 0 Å². The highest BCUT2D eigenvalue weighted by molar-refractivity contribution is 7.07. The van der Waals surface area contributed by atoms with Gasteiger partial charge in [0, 0.05) is 0 Å². The third-order valence-corrected chi connectivity index (χ3v) is 2.53. The number of alkyl halides is 7. The molecule has 0 unspecified atom stereocenters. The second-order valence-electron chi connectivity index (χ2n) is 3.30. The van der Waals surface area contributed by atoms with Crippen LogP contribution in [0.3, 0.4) is 0 Å². The molecule has 1 rings (SSSR count). The lowest BCUT2D eigenvalue weighted by atomic mass is 10.1. The Labute approximate surface area is 97.1 Å². The zero-order chi connectivity index (χ0) is 13.9. The molecule has 0 aromatic carbocycles. The minimum Gasteiger partial charge on any atom is -0.224 e. The molecule has 1 aromatic rings. The Kier molecular flexibility index (Phi) is 5.00. The molecule has 1 heterocycles. The number of hydrogen-bond donors (Lipinski definition) is 0. The molecule has 0 aliphatic carbocycles. The Morgan fingerprint density at radius 3 is 1.41 bits per heavy atom. The lowest BCUT2D eigenvalue weighted by Gasteiger charge is -2.25. The minimum atomic E-state index is -5.91. The Hall–Kier alpha value is -0.790. The van der Waals surface area contributed by atoms with E-state index in [4.69, 9.17) is 0 Å². The van der Waals surface area contributed by atoms with Crippen LogP contribution in [0.25, 0.3) is 0 Å². The third-order valence-electron chi connectivity index (χ3n) is 1.73. The normalized spacial score (nSPS) is 13.0. The van der Waals surface area contributed by atoms with Gasteiger partial charge >= 0.3 is 12.4 Å². The van der Waals surface area contributed by atoms with Crippen molar-refractivity contribution in [3.05, 3.63) is 22.4 Å². The van der Waals surface area contributed by atoms with E-state index in [0.717, 1.165) is 0 Å². The summed E-state index contributed by atoms with van der Waals surface area (Å²) in [7, 11) is 0. The van der Waals surface area contributed by atoms with Crippen molar-refractivity contribution in [2.45, 2.75) is 31.9 Å². The van der Waals surface area contributed by atoms with Crippen molar-refractivity contribution in [1.82, 2.24) is 0 Å². The highest BCUT2D eigenvalue weighted by Gasteiger charge is 2.69. The quantitative estimate of drug-likeness (QED) is 0.594. The first kappa shape index (κ1) is 16.2. The highest BCUT2D eigenvalue weighted by atomic mass is 32.1.